The van der Waals surface area contributed by atoms with Gasteiger partial charge in [0.15, 0.2) is 5.16 Å². The van der Waals surface area contributed by atoms with Crippen LogP contribution in [0.3, 0.4) is 0 Å². The van der Waals surface area contributed by atoms with Crippen LogP contribution < -0.4 is 14.8 Å². The molecule has 2 N–H and O–H groups in total. The van der Waals surface area contributed by atoms with E-state index in [0.717, 1.165) is 16.8 Å². The average molecular weight is 371 g/mol. The van der Waals surface area contributed by atoms with Gasteiger partial charge in [-0.2, -0.15) is 0 Å². The molecule has 0 spiro atoms. The van der Waals surface area contributed by atoms with E-state index < -0.39 is 11.8 Å². The maximum atomic E-state index is 12.1. The van der Waals surface area contributed by atoms with Gasteiger partial charge in [-0.15, -0.1) is 0 Å². The van der Waals surface area contributed by atoms with Crippen LogP contribution in [0, 0.1) is 0 Å². The van der Waals surface area contributed by atoms with E-state index in [2.05, 4.69) is 15.3 Å². The van der Waals surface area contributed by atoms with Crippen LogP contribution in [0.2, 0.25) is 0 Å². The van der Waals surface area contributed by atoms with Gasteiger partial charge in [-0.3, -0.25) is 14.9 Å². The Morgan fingerprint density at radius 2 is 1.77 bits per heavy atom. The maximum absolute atomic E-state index is 12.1. The number of aromatic nitrogens is 2. The van der Waals surface area contributed by atoms with Crippen molar-refractivity contribution in [3.8, 4) is 11.5 Å². The van der Waals surface area contributed by atoms with E-state index in [4.69, 9.17) is 9.47 Å². The highest BCUT2D eigenvalue weighted by atomic mass is 32.2. The molecule has 1 aromatic heterocycles. The molecule has 0 aliphatic rings. The first-order valence-electron chi connectivity index (χ1n) is 7.74. The first-order chi connectivity index (χ1) is 12.6. The molecular formula is C18H17N3O4S. The summed E-state index contributed by atoms with van der Waals surface area (Å²) in [4.78, 5) is 31.6. The fourth-order valence-corrected chi connectivity index (χ4v) is 2.96. The van der Waals surface area contributed by atoms with E-state index in [0.29, 0.717) is 16.5 Å². The summed E-state index contributed by atoms with van der Waals surface area (Å²) in [7, 11) is 3.14. The van der Waals surface area contributed by atoms with Gasteiger partial charge in [0, 0.05) is 11.6 Å². The van der Waals surface area contributed by atoms with Gasteiger partial charge in [-0.1, -0.05) is 11.8 Å². The molecule has 0 unspecified atom stereocenters. The molecule has 0 radical (unpaired) electrons. The Hall–Kier alpha value is -3.00. The number of hydrogen-bond acceptors (Lipinski definition) is 6. The van der Waals surface area contributed by atoms with Crippen LogP contribution in [-0.2, 0) is 4.79 Å². The van der Waals surface area contributed by atoms with E-state index in [1.807, 2.05) is 18.2 Å². The fraction of sp³-hybridized carbons (Fsp3) is 0.167. The Kier molecular flexibility index (Phi) is 5.43. The summed E-state index contributed by atoms with van der Waals surface area (Å²) in [5.41, 5.74) is 1.99. The minimum atomic E-state index is -0.451. The summed E-state index contributed by atoms with van der Waals surface area (Å²) in [5.74, 6) is 0.589. The molecular weight excluding hydrogens is 354 g/mol. The molecule has 26 heavy (non-hydrogen) atoms. The molecule has 2 amide bonds. The zero-order chi connectivity index (χ0) is 18.5. The number of hydrogen-bond donors (Lipinski definition) is 2. The molecule has 0 atom stereocenters. The molecule has 0 aliphatic heterocycles. The highest BCUT2D eigenvalue weighted by Gasteiger charge is 2.12. The zero-order valence-corrected chi connectivity index (χ0v) is 15.1. The molecule has 1 heterocycles. The van der Waals surface area contributed by atoms with Crippen LogP contribution >= 0.6 is 11.8 Å². The minimum absolute atomic E-state index is 0.0683. The number of imide groups is 1. The quantitative estimate of drug-likeness (QED) is 0.647. The van der Waals surface area contributed by atoms with Crippen molar-refractivity contribution < 1.29 is 19.1 Å². The summed E-state index contributed by atoms with van der Waals surface area (Å²) in [6, 6.07) is 12.0. The Labute approximate surface area is 154 Å². The van der Waals surface area contributed by atoms with Crippen LogP contribution in [-0.4, -0.2) is 41.8 Å². The van der Waals surface area contributed by atoms with Crippen molar-refractivity contribution >= 4 is 34.6 Å². The summed E-state index contributed by atoms with van der Waals surface area (Å²) in [6.07, 6.45) is 0. The standard InChI is InChI=1S/C18H17N3O4S/c1-24-12-5-3-11(4-6-12)17(23)21-16(22)10-26-18-19-14-8-7-13(25-2)9-15(14)20-18/h3-9H,10H2,1-2H3,(H,19,20)(H,21,22,23). The summed E-state index contributed by atoms with van der Waals surface area (Å²) >= 11 is 1.22. The number of imidazole rings is 1. The van der Waals surface area contributed by atoms with Gasteiger partial charge in [0.25, 0.3) is 5.91 Å². The van der Waals surface area contributed by atoms with Crippen molar-refractivity contribution in [2.24, 2.45) is 0 Å². The summed E-state index contributed by atoms with van der Waals surface area (Å²) in [6.45, 7) is 0. The number of nitrogens with zero attached hydrogens (tertiary/aromatic N) is 1. The first kappa shape index (κ1) is 17.8. The fourth-order valence-electron chi connectivity index (χ4n) is 2.27. The molecule has 134 valence electrons. The van der Waals surface area contributed by atoms with Crippen molar-refractivity contribution in [1.29, 1.82) is 0 Å². The third-order valence-electron chi connectivity index (χ3n) is 3.61. The Morgan fingerprint density at radius 1 is 1.08 bits per heavy atom. The Morgan fingerprint density at radius 3 is 2.46 bits per heavy atom. The Bertz CT molecular complexity index is 937. The first-order valence-corrected chi connectivity index (χ1v) is 8.72. The van der Waals surface area contributed by atoms with Gasteiger partial charge >= 0.3 is 0 Å². The van der Waals surface area contributed by atoms with Gasteiger partial charge in [0.2, 0.25) is 5.91 Å². The van der Waals surface area contributed by atoms with Gasteiger partial charge in [0.05, 0.1) is 31.0 Å². The van der Waals surface area contributed by atoms with Crippen LogP contribution in [0.25, 0.3) is 11.0 Å². The zero-order valence-electron chi connectivity index (χ0n) is 14.2. The number of ether oxygens (including phenoxy) is 2. The number of rotatable bonds is 6. The van der Waals surface area contributed by atoms with Crippen LogP contribution in [0.5, 0.6) is 11.5 Å². The third kappa shape index (κ3) is 4.15. The van der Waals surface area contributed by atoms with Crippen LogP contribution in [0.1, 0.15) is 10.4 Å². The highest BCUT2D eigenvalue weighted by molar-refractivity contribution is 7.99. The van der Waals surface area contributed by atoms with Crippen molar-refractivity contribution in [2.75, 3.05) is 20.0 Å². The van der Waals surface area contributed by atoms with E-state index in [1.54, 1.807) is 38.5 Å². The third-order valence-corrected chi connectivity index (χ3v) is 4.49. The second-order valence-electron chi connectivity index (χ2n) is 5.32. The van der Waals surface area contributed by atoms with Gasteiger partial charge in [-0.25, -0.2) is 4.98 Å². The smallest absolute Gasteiger partial charge is 0.257 e. The lowest BCUT2D eigenvalue weighted by atomic mass is 10.2. The monoisotopic (exact) mass is 371 g/mol. The van der Waals surface area contributed by atoms with Crippen molar-refractivity contribution in [3.05, 3.63) is 48.0 Å². The second-order valence-corrected chi connectivity index (χ2v) is 6.28. The number of thioether (sulfide) groups is 1. The number of benzene rings is 2. The van der Waals surface area contributed by atoms with Crippen LogP contribution in [0.15, 0.2) is 47.6 Å². The van der Waals surface area contributed by atoms with Crippen molar-refractivity contribution in [1.82, 2.24) is 15.3 Å². The van der Waals surface area contributed by atoms with E-state index in [-0.39, 0.29) is 5.75 Å². The molecule has 0 saturated heterocycles. The molecule has 2 aromatic carbocycles. The summed E-state index contributed by atoms with van der Waals surface area (Å²) < 4.78 is 10.2. The minimum Gasteiger partial charge on any atom is -0.497 e. The molecule has 3 rings (SSSR count). The molecule has 8 heteroatoms. The molecule has 0 bridgehead atoms. The topological polar surface area (TPSA) is 93.3 Å². The number of amides is 2. The van der Waals surface area contributed by atoms with Gasteiger partial charge < -0.3 is 14.5 Å². The van der Waals surface area contributed by atoms with Crippen LogP contribution in [0.4, 0.5) is 0 Å². The number of aromatic amines is 1. The van der Waals surface area contributed by atoms with E-state index >= 15 is 0 Å². The lowest BCUT2D eigenvalue weighted by Crippen LogP contribution is -2.31. The molecule has 0 saturated carbocycles. The number of methoxy groups -OCH3 is 2. The SMILES string of the molecule is COc1ccc(C(=O)NC(=O)CSc2nc3ccc(OC)cc3[nH]2)cc1. The van der Waals surface area contributed by atoms with E-state index in [9.17, 15) is 9.59 Å². The maximum Gasteiger partial charge on any atom is 0.257 e. The second kappa shape index (κ2) is 7.92. The number of H-pyrrole nitrogens is 1. The predicted molar refractivity (Wildman–Crippen MR) is 98.8 cm³/mol. The number of nitrogens with one attached hydrogen (secondary N) is 2. The average Bonchev–Trinajstić information content (AvgIpc) is 3.08. The Balaban J connectivity index is 1.57. The largest absolute Gasteiger partial charge is 0.497 e. The lowest BCUT2D eigenvalue weighted by Gasteiger charge is -2.04. The molecule has 3 aromatic rings. The van der Waals surface area contributed by atoms with Gasteiger partial charge in [-0.05, 0) is 36.4 Å². The number of carbonyl (C=O) groups excluding carboxylic acids is 2. The van der Waals surface area contributed by atoms with Crippen molar-refractivity contribution in [3.63, 3.8) is 0 Å². The highest BCUT2D eigenvalue weighted by Crippen LogP contribution is 2.23. The molecule has 7 nitrogen and oxygen atoms in total. The summed E-state index contributed by atoms with van der Waals surface area (Å²) in [5, 5.41) is 2.95. The number of fused-ring (bicyclic) bond motifs is 1. The van der Waals surface area contributed by atoms with E-state index in [1.165, 1.54) is 11.8 Å². The number of carbonyl (C=O) groups is 2. The van der Waals surface area contributed by atoms with Crippen molar-refractivity contribution in [2.45, 2.75) is 5.16 Å². The van der Waals surface area contributed by atoms with Gasteiger partial charge in [0.1, 0.15) is 11.5 Å². The normalized spacial score (nSPS) is 10.5. The molecule has 0 fully saturated rings. The molecule has 0 aliphatic carbocycles. The predicted octanol–water partition coefficient (Wildman–Crippen LogP) is 2.63. The lowest BCUT2D eigenvalue weighted by molar-refractivity contribution is -0.117.